The molecule has 0 spiro atoms. The minimum atomic E-state index is 0.355. The number of benzene rings is 1. The monoisotopic (exact) mass is 227 g/mol. The fourth-order valence-corrected chi connectivity index (χ4v) is 1.61. The van der Waals surface area contributed by atoms with Gasteiger partial charge in [-0.05, 0) is 12.5 Å². The number of aromatic amines is 1. The Bertz CT molecular complexity index is 552. The van der Waals surface area contributed by atoms with Crippen LogP contribution in [0.25, 0.3) is 0 Å². The second kappa shape index (κ2) is 4.62. The molecule has 4 heteroatoms. The maximum Gasteiger partial charge on any atom is 0.197 e. The molecule has 0 unspecified atom stereocenters. The molecule has 0 aliphatic rings. The number of nitrogen functional groups attached to an aromatic ring is 1. The molecular weight excluding hydrogens is 214 g/mol. The molecule has 0 bridgehead atoms. The lowest BCUT2D eigenvalue weighted by Crippen LogP contribution is -1.96. The Morgan fingerprint density at radius 3 is 2.65 bits per heavy atom. The van der Waals surface area contributed by atoms with Crippen molar-refractivity contribution >= 4 is 5.82 Å². The molecule has 0 saturated carbocycles. The molecule has 1 aromatic carbocycles. The first-order valence-corrected chi connectivity index (χ1v) is 5.27. The van der Waals surface area contributed by atoms with Crippen molar-refractivity contribution in [2.75, 3.05) is 5.73 Å². The smallest absolute Gasteiger partial charge is 0.197 e. The normalized spacial score (nSPS) is 9.88. The topological polar surface area (TPSA) is 74.8 Å². The van der Waals surface area contributed by atoms with E-state index in [0.29, 0.717) is 23.9 Å². The van der Waals surface area contributed by atoms with Crippen LogP contribution in [0.15, 0.2) is 30.3 Å². The number of aromatic nitrogens is 1. The van der Waals surface area contributed by atoms with E-state index in [-0.39, 0.29) is 0 Å². The number of hydrogen-bond acceptors (Lipinski definition) is 3. The molecule has 0 saturated heterocycles. The SMILES string of the molecule is Cc1c(OCc2ccccc2)[nH]c(N)c1C#N. The van der Waals surface area contributed by atoms with Crippen molar-refractivity contribution in [1.82, 2.24) is 4.98 Å². The van der Waals surface area contributed by atoms with Crippen molar-refractivity contribution in [3.05, 3.63) is 47.0 Å². The summed E-state index contributed by atoms with van der Waals surface area (Å²) in [5.74, 6) is 0.913. The van der Waals surface area contributed by atoms with E-state index in [0.717, 1.165) is 11.1 Å². The summed E-state index contributed by atoms with van der Waals surface area (Å²) in [7, 11) is 0. The van der Waals surface area contributed by atoms with Crippen LogP contribution in [0, 0.1) is 18.3 Å². The Balaban J connectivity index is 2.13. The maximum atomic E-state index is 8.89. The van der Waals surface area contributed by atoms with Gasteiger partial charge in [0, 0.05) is 5.56 Å². The van der Waals surface area contributed by atoms with Crippen LogP contribution in [0.3, 0.4) is 0 Å². The summed E-state index contributed by atoms with van der Waals surface area (Å²) >= 11 is 0. The Morgan fingerprint density at radius 1 is 1.35 bits per heavy atom. The Labute approximate surface area is 99.6 Å². The molecule has 2 aromatic rings. The number of nitriles is 1. The van der Waals surface area contributed by atoms with Gasteiger partial charge in [-0.3, -0.25) is 0 Å². The zero-order valence-electron chi connectivity index (χ0n) is 9.53. The Hall–Kier alpha value is -2.41. The third kappa shape index (κ3) is 2.23. The summed E-state index contributed by atoms with van der Waals surface area (Å²) in [6, 6.07) is 11.9. The molecule has 3 N–H and O–H groups in total. The molecule has 0 aliphatic carbocycles. The van der Waals surface area contributed by atoms with Gasteiger partial charge in [0.2, 0.25) is 0 Å². The number of nitrogens with two attached hydrogens (primary N) is 1. The quantitative estimate of drug-likeness (QED) is 0.845. The first kappa shape index (κ1) is 11.1. The van der Waals surface area contributed by atoms with Crippen molar-refractivity contribution in [2.45, 2.75) is 13.5 Å². The molecule has 0 aliphatic heterocycles. The molecule has 1 aromatic heterocycles. The zero-order chi connectivity index (χ0) is 12.3. The highest BCUT2D eigenvalue weighted by molar-refractivity contribution is 5.58. The van der Waals surface area contributed by atoms with Gasteiger partial charge in [0.05, 0.1) is 0 Å². The second-order valence-corrected chi connectivity index (χ2v) is 3.75. The third-order valence-corrected chi connectivity index (χ3v) is 2.57. The molecule has 0 atom stereocenters. The van der Waals surface area contributed by atoms with Crippen LogP contribution in [-0.2, 0) is 6.61 Å². The van der Waals surface area contributed by atoms with Gasteiger partial charge in [-0.2, -0.15) is 5.26 Å². The van der Waals surface area contributed by atoms with Gasteiger partial charge in [-0.15, -0.1) is 0 Å². The standard InChI is InChI=1S/C13H13N3O/c1-9-11(7-14)12(15)16-13(9)17-8-10-5-3-2-4-6-10/h2-6,16H,8,15H2,1H3. The van der Waals surface area contributed by atoms with Crippen LogP contribution in [-0.4, -0.2) is 4.98 Å². The lowest BCUT2D eigenvalue weighted by molar-refractivity contribution is 0.294. The fraction of sp³-hybridized carbons (Fsp3) is 0.154. The highest BCUT2D eigenvalue weighted by Gasteiger charge is 2.12. The van der Waals surface area contributed by atoms with Crippen LogP contribution in [0.5, 0.6) is 5.88 Å². The Kier molecular flexibility index (Phi) is 3.01. The number of nitrogens with zero attached hydrogens (tertiary/aromatic N) is 1. The minimum Gasteiger partial charge on any atom is -0.474 e. The number of nitrogens with one attached hydrogen (secondary N) is 1. The number of anilines is 1. The van der Waals surface area contributed by atoms with Crippen molar-refractivity contribution in [2.24, 2.45) is 0 Å². The summed E-state index contributed by atoms with van der Waals surface area (Å²) in [5, 5.41) is 8.89. The molecule has 17 heavy (non-hydrogen) atoms. The van der Waals surface area contributed by atoms with Gasteiger partial charge >= 0.3 is 0 Å². The van der Waals surface area contributed by atoms with Crippen molar-refractivity contribution in [3.8, 4) is 11.9 Å². The van der Waals surface area contributed by atoms with Crippen LogP contribution < -0.4 is 10.5 Å². The summed E-state index contributed by atoms with van der Waals surface area (Å²) in [6.07, 6.45) is 0. The maximum absolute atomic E-state index is 8.89. The largest absolute Gasteiger partial charge is 0.474 e. The number of ether oxygens (including phenoxy) is 1. The van der Waals surface area contributed by atoms with Crippen LogP contribution in [0.2, 0.25) is 0 Å². The van der Waals surface area contributed by atoms with E-state index < -0.39 is 0 Å². The Morgan fingerprint density at radius 2 is 2.06 bits per heavy atom. The number of H-pyrrole nitrogens is 1. The number of rotatable bonds is 3. The lowest BCUT2D eigenvalue weighted by atomic mass is 10.2. The van der Waals surface area contributed by atoms with E-state index in [1.54, 1.807) is 0 Å². The van der Waals surface area contributed by atoms with Gasteiger partial charge in [0.25, 0.3) is 0 Å². The van der Waals surface area contributed by atoms with Crippen molar-refractivity contribution < 1.29 is 4.74 Å². The molecule has 0 amide bonds. The van der Waals surface area contributed by atoms with E-state index in [4.69, 9.17) is 15.7 Å². The average Bonchev–Trinajstić information content (AvgIpc) is 2.63. The zero-order valence-corrected chi connectivity index (χ0v) is 9.53. The fourth-order valence-electron chi connectivity index (χ4n) is 1.61. The number of hydrogen-bond donors (Lipinski definition) is 2. The second-order valence-electron chi connectivity index (χ2n) is 3.75. The van der Waals surface area contributed by atoms with E-state index in [1.807, 2.05) is 43.3 Å². The molecule has 1 heterocycles. The molecule has 2 rings (SSSR count). The van der Waals surface area contributed by atoms with Crippen LogP contribution >= 0.6 is 0 Å². The lowest BCUT2D eigenvalue weighted by Gasteiger charge is -2.04. The summed E-state index contributed by atoms with van der Waals surface area (Å²) < 4.78 is 5.60. The van der Waals surface area contributed by atoms with Crippen molar-refractivity contribution in [3.63, 3.8) is 0 Å². The average molecular weight is 227 g/mol. The highest BCUT2D eigenvalue weighted by atomic mass is 16.5. The van der Waals surface area contributed by atoms with Gasteiger partial charge in [0.15, 0.2) is 5.88 Å². The van der Waals surface area contributed by atoms with Gasteiger partial charge in [-0.1, -0.05) is 30.3 Å². The van der Waals surface area contributed by atoms with Crippen molar-refractivity contribution in [1.29, 1.82) is 5.26 Å². The minimum absolute atomic E-state index is 0.355. The first-order valence-electron chi connectivity index (χ1n) is 5.27. The highest BCUT2D eigenvalue weighted by Crippen LogP contribution is 2.25. The third-order valence-electron chi connectivity index (χ3n) is 2.57. The van der Waals surface area contributed by atoms with Crippen LogP contribution in [0.1, 0.15) is 16.7 Å². The first-order chi connectivity index (χ1) is 8.22. The summed E-state index contributed by atoms with van der Waals surface area (Å²) in [5.41, 5.74) is 7.93. The van der Waals surface area contributed by atoms with E-state index in [9.17, 15) is 0 Å². The van der Waals surface area contributed by atoms with E-state index in [1.165, 1.54) is 0 Å². The van der Waals surface area contributed by atoms with E-state index >= 15 is 0 Å². The molecule has 0 radical (unpaired) electrons. The van der Waals surface area contributed by atoms with Crippen LogP contribution in [0.4, 0.5) is 5.82 Å². The van der Waals surface area contributed by atoms with Gasteiger partial charge < -0.3 is 15.5 Å². The molecule has 4 nitrogen and oxygen atoms in total. The van der Waals surface area contributed by atoms with E-state index in [2.05, 4.69) is 4.98 Å². The van der Waals surface area contributed by atoms with Gasteiger partial charge in [-0.25, -0.2) is 0 Å². The predicted molar refractivity (Wildman–Crippen MR) is 65.4 cm³/mol. The predicted octanol–water partition coefficient (Wildman–Crippen LogP) is 2.36. The summed E-state index contributed by atoms with van der Waals surface area (Å²) in [4.78, 5) is 2.87. The summed E-state index contributed by atoms with van der Waals surface area (Å²) in [6.45, 7) is 2.26. The van der Waals surface area contributed by atoms with Gasteiger partial charge in [0.1, 0.15) is 24.1 Å². The molecular formula is C13H13N3O. The molecule has 86 valence electrons. The molecule has 0 fully saturated rings.